The third-order valence-corrected chi connectivity index (χ3v) is 4.51. The molecule has 2 rings (SSSR count). The number of rotatable bonds is 9. The summed E-state index contributed by atoms with van der Waals surface area (Å²) < 4.78 is 10.9. The van der Waals surface area contributed by atoms with Crippen molar-refractivity contribution in [3.8, 4) is 5.75 Å². The van der Waals surface area contributed by atoms with Gasteiger partial charge in [0, 0.05) is 10.0 Å². The van der Waals surface area contributed by atoms with Gasteiger partial charge in [-0.3, -0.25) is 14.4 Å². The topological polar surface area (TPSA) is 93.7 Å². The van der Waals surface area contributed by atoms with Gasteiger partial charge in [0.15, 0.2) is 0 Å². The van der Waals surface area contributed by atoms with Crippen LogP contribution in [0.3, 0.4) is 0 Å². The molecule has 1 atom stereocenters. The second kappa shape index (κ2) is 11.2. The molecule has 0 bridgehead atoms. The molecule has 8 heteroatoms. The average Bonchev–Trinajstić information content (AvgIpc) is 2.72. The molecule has 7 nitrogen and oxygen atoms in total. The number of halogens is 1. The van der Waals surface area contributed by atoms with Gasteiger partial charge < -0.3 is 20.1 Å². The van der Waals surface area contributed by atoms with Crippen molar-refractivity contribution in [2.24, 2.45) is 0 Å². The van der Waals surface area contributed by atoms with E-state index < -0.39 is 17.9 Å². The number of esters is 1. The Hall–Kier alpha value is -2.87. The Morgan fingerprint density at radius 3 is 2.45 bits per heavy atom. The fourth-order valence-corrected chi connectivity index (χ4v) is 3.02. The highest BCUT2D eigenvalue weighted by atomic mass is 79.9. The summed E-state index contributed by atoms with van der Waals surface area (Å²) in [6, 6.07) is 13.3. The second-order valence-corrected chi connectivity index (χ2v) is 7.01. The largest absolute Gasteiger partial charge is 0.494 e. The van der Waals surface area contributed by atoms with E-state index in [1.165, 1.54) is 7.11 Å². The molecule has 29 heavy (non-hydrogen) atoms. The van der Waals surface area contributed by atoms with Crippen LogP contribution in [0.2, 0.25) is 0 Å². The molecule has 1 unspecified atom stereocenters. The summed E-state index contributed by atoms with van der Waals surface area (Å²) in [7, 11) is 1.29. The van der Waals surface area contributed by atoms with Crippen LogP contribution in [-0.4, -0.2) is 38.0 Å². The third kappa shape index (κ3) is 7.23. The quantitative estimate of drug-likeness (QED) is 0.558. The first-order valence-electron chi connectivity index (χ1n) is 9.05. The molecule has 154 valence electrons. The predicted octanol–water partition coefficient (Wildman–Crippen LogP) is 3.00. The molecule has 0 saturated carbocycles. The molecule has 0 fully saturated rings. The number of hydrogen-bond acceptors (Lipinski definition) is 5. The van der Waals surface area contributed by atoms with Gasteiger partial charge in [-0.25, -0.2) is 0 Å². The molecule has 0 spiro atoms. The van der Waals surface area contributed by atoms with Gasteiger partial charge in [0.25, 0.3) is 5.91 Å². The summed E-state index contributed by atoms with van der Waals surface area (Å²) in [6.07, 6.45) is -0.0223. The Balaban J connectivity index is 1.96. The first kappa shape index (κ1) is 22.4. The first-order valence-corrected chi connectivity index (χ1v) is 9.85. The van der Waals surface area contributed by atoms with Crippen molar-refractivity contribution in [2.75, 3.05) is 20.3 Å². The monoisotopic (exact) mass is 462 g/mol. The van der Waals surface area contributed by atoms with Crippen LogP contribution in [-0.2, 0) is 14.3 Å². The zero-order valence-corrected chi connectivity index (χ0v) is 17.8. The number of nitrogens with one attached hydrogen (secondary N) is 2. The SMILES string of the molecule is CCOc1ccc(C(=O)NCC(=O)NC(CC(=O)OC)c2cccc(Br)c2)cc1. The molecular formula is C21H23BrN2O5. The lowest BCUT2D eigenvalue weighted by Crippen LogP contribution is -2.39. The minimum atomic E-state index is -0.574. The lowest BCUT2D eigenvalue weighted by atomic mass is 10.0. The average molecular weight is 463 g/mol. The number of methoxy groups -OCH3 is 1. The molecule has 2 aromatic carbocycles. The fourth-order valence-electron chi connectivity index (χ4n) is 2.60. The summed E-state index contributed by atoms with van der Waals surface area (Å²) in [5.41, 5.74) is 1.16. The van der Waals surface area contributed by atoms with Gasteiger partial charge in [0.1, 0.15) is 5.75 Å². The standard InChI is InChI=1S/C21H23BrN2O5/c1-3-29-17-9-7-14(8-10-17)21(27)23-13-19(25)24-18(12-20(26)28-2)15-5-4-6-16(22)11-15/h4-11,18H,3,12-13H2,1-2H3,(H,23,27)(H,24,25). The van der Waals surface area contributed by atoms with Gasteiger partial charge in [-0.15, -0.1) is 0 Å². The molecule has 0 aromatic heterocycles. The molecule has 0 aliphatic heterocycles. The summed E-state index contributed by atoms with van der Waals surface area (Å²) in [5.74, 6) is -0.580. The second-order valence-electron chi connectivity index (χ2n) is 6.10. The van der Waals surface area contributed by atoms with E-state index in [-0.39, 0.29) is 18.9 Å². The zero-order chi connectivity index (χ0) is 21.2. The Labute approximate surface area is 177 Å². The number of carbonyl (C=O) groups excluding carboxylic acids is 3. The van der Waals surface area contributed by atoms with Crippen molar-refractivity contribution >= 4 is 33.7 Å². The summed E-state index contributed by atoms with van der Waals surface area (Å²) >= 11 is 3.38. The third-order valence-electron chi connectivity index (χ3n) is 4.02. The van der Waals surface area contributed by atoms with E-state index in [2.05, 4.69) is 26.6 Å². The van der Waals surface area contributed by atoms with Crippen molar-refractivity contribution in [3.05, 3.63) is 64.1 Å². The Morgan fingerprint density at radius 2 is 1.83 bits per heavy atom. The van der Waals surface area contributed by atoms with Crippen LogP contribution >= 0.6 is 15.9 Å². The molecule has 0 aliphatic rings. The zero-order valence-electron chi connectivity index (χ0n) is 16.2. The lowest BCUT2D eigenvalue weighted by Gasteiger charge is -2.19. The molecule has 2 aromatic rings. The van der Waals surface area contributed by atoms with Crippen molar-refractivity contribution in [2.45, 2.75) is 19.4 Å². The predicted molar refractivity (Wildman–Crippen MR) is 112 cm³/mol. The van der Waals surface area contributed by atoms with Gasteiger partial charge in [0.2, 0.25) is 5.91 Å². The number of benzene rings is 2. The summed E-state index contributed by atoms with van der Waals surface area (Å²) in [5, 5.41) is 5.33. The van der Waals surface area contributed by atoms with E-state index in [0.717, 1.165) is 10.0 Å². The van der Waals surface area contributed by atoms with Gasteiger partial charge >= 0.3 is 5.97 Å². The summed E-state index contributed by atoms with van der Waals surface area (Å²) in [4.78, 5) is 36.3. The van der Waals surface area contributed by atoms with Crippen LogP contribution in [0.25, 0.3) is 0 Å². The van der Waals surface area contributed by atoms with E-state index >= 15 is 0 Å². The van der Waals surface area contributed by atoms with Crippen LogP contribution in [0.4, 0.5) is 0 Å². The first-order chi connectivity index (χ1) is 13.9. The highest BCUT2D eigenvalue weighted by Gasteiger charge is 2.19. The van der Waals surface area contributed by atoms with Crippen molar-refractivity contribution in [1.82, 2.24) is 10.6 Å². The number of amides is 2. The van der Waals surface area contributed by atoms with Crippen LogP contribution in [0.15, 0.2) is 53.0 Å². The van der Waals surface area contributed by atoms with Crippen LogP contribution in [0.5, 0.6) is 5.75 Å². The van der Waals surface area contributed by atoms with E-state index in [4.69, 9.17) is 9.47 Å². The maximum atomic E-state index is 12.3. The van der Waals surface area contributed by atoms with Crippen molar-refractivity contribution < 1.29 is 23.9 Å². The minimum Gasteiger partial charge on any atom is -0.494 e. The highest BCUT2D eigenvalue weighted by molar-refractivity contribution is 9.10. The Kier molecular flexibility index (Phi) is 8.67. The molecule has 0 radical (unpaired) electrons. The van der Waals surface area contributed by atoms with E-state index in [1.54, 1.807) is 30.3 Å². The summed E-state index contributed by atoms with van der Waals surface area (Å²) in [6.45, 7) is 2.19. The van der Waals surface area contributed by atoms with Gasteiger partial charge in [-0.1, -0.05) is 28.1 Å². The van der Waals surface area contributed by atoms with Gasteiger partial charge in [-0.2, -0.15) is 0 Å². The normalized spacial score (nSPS) is 11.3. The molecule has 0 saturated heterocycles. The number of carbonyl (C=O) groups is 3. The molecule has 2 amide bonds. The van der Waals surface area contributed by atoms with E-state index in [9.17, 15) is 14.4 Å². The Morgan fingerprint density at radius 1 is 1.10 bits per heavy atom. The van der Waals surface area contributed by atoms with Crippen LogP contribution in [0.1, 0.15) is 35.3 Å². The number of ether oxygens (including phenoxy) is 2. The molecule has 0 aliphatic carbocycles. The molecular weight excluding hydrogens is 440 g/mol. The maximum absolute atomic E-state index is 12.3. The lowest BCUT2D eigenvalue weighted by molar-refractivity contribution is -0.141. The van der Waals surface area contributed by atoms with Gasteiger partial charge in [-0.05, 0) is 48.9 Å². The minimum absolute atomic E-state index is 0.0223. The molecule has 0 heterocycles. The van der Waals surface area contributed by atoms with E-state index in [0.29, 0.717) is 17.9 Å². The van der Waals surface area contributed by atoms with E-state index in [1.807, 2.05) is 25.1 Å². The maximum Gasteiger partial charge on any atom is 0.307 e. The number of hydrogen-bond donors (Lipinski definition) is 2. The molecule has 2 N–H and O–H groups in total. The van der Waals surface area contributed by atoms with Crippen molar-refractivity contribution in [3.63, 3.8) is 0 Å². The van der Waals surface area contributed by atoms with Gasteiger partial charge in [0.05, 0.1) is 32.7 Å². The van der Waals surface area contributed by atoms with Crippen molar-refractivity contribution in [1.29, 1.82) is 0 Å². The smallest absolute Gasteiger partial charge is 0.307 e. The Bertz CT molecular complexity index is 854. The highest BCUT2D eigenvalue weighted by Crippen LogP contribution is 2.21. The fraction of sp³-hybridized carbons (Fsp3) is 0.286. The van der Waals surface area contributed by atoms with Crippen LogP contribution in [0, 0.1) is 0 Å². The van der Waals surface area contributed by atoms with Crippen LogP contribution < -0.4 is 15.4 Å².